The summed E-state index contributed by atoms with van der Waals surface area (Å²) in [5, 5.41) is 3.08. The molecule has 6 heteroatoms. The first-order valence-corrected chi connectivity index (χ1v) is 9.70. The van der Waals surface area contributed by atoms with E-state index in [9.17, 15) is 9.59 Å². The first kappa shape index (κ1) is 18.9. The van der Waals surface area contributed by atoms with Crippen molar-refractivity contribution in [2.45, 2.75) is 38.8 Å². The average molecular weight is 358 g/mol. The third-order valence-corrected chi connectivity index (χ3v) is 5.30. The molecule has 2 fully saturated rings. The van der Waals surface area contributed by atoms with Gasteiger partial charge in [-0.3, -0.25) is 19.4 Å². The highest BCUT2D eigenvalue weighted by molar-refractivity contribution is 5.94. The predicted molar refractivity (Wildman–Crippen MR) is 103 cm³/mol. The van der Waals surface area contributed by atoms with E-state index in [0.717, 1.165) is 44.7 Å². The fraction of sp³-hybridized carbons (Fsp3) is 0.600. The summed E-state index contributed by atoms with van der Waals surface area (Å²) in [6.45, 7) is 8.36. The van der Waals surface area contributed by atoms with Crippen molar-refractivity contribution in [2.75, 3.05) is 44.2 Å². The minimum atomic E-state index is -0.0927. The van der Waals surface area contributed by atoms with Crippen LogP contribution in [0.2, 0.25) is 0 Å². The standard InChI is InChI=1S/C20H30N4O2/c1-3-24(18-7-5-4-6-8-18)19(25)15-22-11-13-23(14-12-22)16(2)20(26)21-17-9-10-17/h4-8,16-17H,3,9-15H2,1-2H3,(H,21,26)/t16-/m1/s1. The summed E-state index contributed by atoms with van der Waals surface area (Å²) in [7, 11) is 0. The van der Waals surface area contributed by atoms with E-state index in [-0.39, 0.29) is 17.9 Å². The minimum absolute atomic E-state index is 0.0927. The maximum absolute atomic E-state index is 12.7. The van der Waals surface area contributed by atoms with Gasteiger partial charge in [-0.25, -0.2) is 0 Å². The van der Waals surface area contributed by atoms with Crippen LogP contribution in [0.15, 0.2) is 30.3 Å². The fourth-order valence-electron chi connectivity index (χ4n) is 3.41. The van der Waals surface area contributed by atoms with E-state index < -0.39 is 0 Å². The number of nitrogens with one attached hydrogen (secondary N) is 1. The molecule has 0 radical (unpaired) electrons. The molecule has 1 aliphatic carbocycles. The van der Waals surface area contributed by atoms with Gasteiger partial charge in [0.25, 0.3) is 0 Å². The molecule has 1 aromatic rings. The van der Waals surface area contributed by atoms with Crippen molar-refractivity contribution in [3.63, 3.8) is 0 Å². The molecule has 2 aliphatic rings. The van der Waals surface area contributed by atoms with Gasteiger partial charge in [0.15, 0.2) is 0 Å². The number of rotatable bonds is 7. The third-order valence-electron chi connectivity index (χ3n) is 5.30. The molecule has 6 nitrogen and oxygen atoms in total. The van der Waals surface area contributed by atoms with Crippen LogP contribution in [0.5, 0.6) is 0 Å². The number of anilines is 1. The van der Waals surface area contributed by atoms with Gasteiger partial charge in [0.1, 0.15) is 0 Å². The highest BCUT2D eigenvalue weighted by atomic mass is 16.2. The van der Waals surface area contributed by atoms with Crippen molar-refractivity contribution in [2.24, 2.45) is 0 Å². The van der Waals surface area contributed by atoms with Crippen LogP contribution in [0.3, 0.4) is 0 Å². The molecule has 1 N–H and O–H groups in total. The van der Waals surface area contributed by atoms with Gasteiger partial charge in [-0.1, -0.05) is 18.2 Å². The van der Waals surface area contributed by atoms with Gasteiger partial charge < -0.3 is 10.2 Å². The molecule has 1 saturated carbocycles. The number of hydrogen-bond donors (Lipinski definition) is 1. The van der Waals surface area contributed by atoms with Crippen molar-refractivity contribution in [3.05, 3.63) is 30.3 Å². The lowest BCUT2D eigenvalue weighted by Gasteiger charge is -2.37. The Morgan fingerprint density at radius 1 is 1.15 bits per heavy atom. The summed E-state index contributed by atoms with van der Waals surface area (Å²) in [5.74, 6) is 0.268. The molecular formula is C20H30N4O2. The first-order valence-electron chi connectivity index (χ1n) is 9.70. The van der Waals surface area contributed by atoms with Crippen LogP contribution in [-0.2, 0) is 9.59 Å². The third kappa shape index (κ3) is 4.83. The second-order valence-corrected chi connectivity index (χ2v) is 7.24. The molecule has 1 saturated heterocycles. The Balaban J connectivity index is 1.47. The number of carbonyl (C=O) groups excluding carboxylic acids is 2. The number of para-hydroxylation sites is 1. The SMILES string of the molecule is CCN(C(=O)CN1CCN([C@H](C)C(=O)NC2CC2)CC1)c1ccccc1. The smallest absolute Gasteiger partial charge is 0.241 e. The Hall–Kier alpha value is -1.92. The number of carbonyl (C=O) groups is 2. The highest BCUT2D eigenvalue weighted by Gasteiger charge is 2.30. The number of likely N-dealkylation sites (N-methyl/N-ethyl adjacent to an activating group) is 1. The van der Waals surface area contributed by atoms with Crippen molar-refractivity contribution >= 4 is 17.5 Å². The van der Waals surface area contributed by atoms with Gasteiger partial charge in [-0.05, 0) is 38.8 Å². The zero-order valence-corrected chi connectivity index (χ0v) is 15.9. The molecular weight excluding hydrogens is 328 g/mol. The maximum Gasteiger partial charge on any atom is 0.241 e. The Morgan fingerprint density at radius 3 is 2.38 bits per heavy atom. The topological polar surface area (TPSA) is 55.9 Å². The minimum Gasteiger partial charge on any atom is -0.352 e. The van der Waals surface area contributed by atoms with Crippen LogP contribution >= 0.6 is 0 Å². The van der Waals surface area contributed by atoms with Crippen LogP contribution < -0.4 is 10.2 Å². The number of piperazine rings is 1. The van der Waals surface area contributed by atoms with Crippen LogP contribution in [0, 0.1) is 0 Å². The Labute approximate surface area is 156 Å². The fourth-order valence-corrected chi connectivity index (χ4v) is 3.41. The largest absolute Gasteiger partial charge is 0.352 e. The van der Waals surface area contributed by atoms with Gasteiger partial charge in [-0.2, -0.15) is 0 Å². The summed E-state index contributed by atoms with van der Waals surface area (Å²) >= 11 is 0. The Bertz CT molecular complexity index is 609. The maximum atomic E-state index is 12.7. The molecule has 26 heavy (non-hydrogen) atoms. The van der Waals surface area contributed by atoms with Crippen molar-refractivity contribution in [3.8, 4) is 0 Å². The molecule has 0 aromatic heterocycles. The molecule has 0 unspecified atom stereocenters. The van der Waals surface area contributed by atoms with Crippen LogP contribution in [-0.4, -0.2) is 73.0 Å². The molecule has 1 aromatic carbocycles. The van der Waals surface area contributed by atoms with Crippen molar-refractivity contribution in [1.82, 2.24) is 15.1 Å². The normalized spacial score (nSPS) is 19.8. The Morgan fingerprint density at radius 2 is 1.81 bits per heavy atom. The first-order chi connectivity index (χ1) is 12.6. The molecule has 3 rings (SSSR count). The quantitative estimate of drug-likeness (QED) is 0.799. The van der Waals surface area contributed by atoms with E-state index in [2.05, 4.69) is 15.1 Å². The van der Waals surface area contributed by atoms with Gasteiger partial charge in [0.05, 0.1) is 12.6 Å². The second kappa shape index (κ2) is 8.64. The summed E-state index contributed by atoms with van der Waals surface area (Å²) < 4.78 is 0. The zero-order valence-electron chi connectivity index (χ0n) is 15.9. The summed E-state index contributed by atoms with van der Waals surface area (Å²) in [5.41, 5.74) is 0.948. The molecule has 0 spiro atoms. The van der Waals surface area contributed by atoms with Crippen molar-refractivity contribution in [1.29, 1.82) is 0 Å². The molecule has 1 atom stereocenters. The summed E-state index contributed by atoms with van der Waals surface area (Å²) in [6, 6.07) is 10.1. The zero-order chi connectivity index (χ0) is 18.5. The predicted octanol–water partition coefficient (Wildman–Crippen LogP) is 1.32. The molecule has 2 amide bonds. The monoisotopic (exact) mass is 358 g/mol. The van der Waals surface area contributed by atoms with E-state index in [1.165, 1.54) is 0 Å². The number of amides is 2. The van der Waals surface area contributed by atoms with Gasteiger partial charge >= 0.3 is 0 Å². The van der Waals surface area contributed by atoms with Gasteiger partial charge in [0.2, 0.25) is 11.8 Å². The lowest BCUT2D eigenvalue weighted by molar-refractivity contribution is -0.127. The second-order valence-electron chi connectivity index (χ2n) is 7.24. The van der Waals surface area contributed by atoms with E-state index in [0.29, 0.717) is 19.1 Å². The summed E-state index contributed by atoms with van der Waals surface area (Å²) in [6.07, 6.45) is 2.23. The van der Waals surface area contributed by atoms with Crippen LogP contribution in [0.1, 0.15) is 26.7 Å². The lowest BCUT2D eigenvalue weighted by atomic mass is 10.2. The van der Waals surface area contributed by atoms with Crippen LogP contribution in [0.4, 0.5) is 5.69 Å². The molecule has 0 bridgehead atoms. The van der Waals surface area contributed by atoms with E-state index in [4.69, 9.17) is 0 Å². The molecule has 1 aliphatic heterocycles. The highest BCUT2D eigenvalue weighted by Crippen LogP contribution is 2.19. The Kier molecular flexibility index (Phi) is 6.27. The van der Waals surface area contributed by atoms with E-state index in [1.807, 2.05) is 49.1 Å². The van der Waals surface area contributed by atoms with Crippen LogP contribution in [0.25, 0.3) is 0 Å². The average Bonchev–Trinajstić information content (AvgIpc) is 3.47. The van der Waals surface area contributed by atoms with Gasteiger partial charge in [0, 0.05) is 44.5 Å². The lowest BCUT2D eigenvalue weighted by Crippen LogP contribution is -2.55. The number of nitrogens with zero attached hydrogens (tertiary/aromatic N) is 3. The van der Waals surface area contributed by atoms with E-state index >= 15 is 0 Å². The molecule has 1 heterocycles. The van der Waals surface area contributed by atoms with Gasteiger partial charge in [-0.15, -0.1) is 0 Å². The molecule has 142 valence electrons. The summed E-state index contributed by atoms with van der Waals surface area (Å²) in [4.78, 5) is 31.1. The number of hydrogen-bond acceptors (Lipinski definition) is 4. The number of benzene rings is 1. The van der Waals surface area contributed by atoms with Crippen molar-refractivity contribution < 1.29 is 9.59 Å². The van der Waals surface area contributed by atoms with E-state index in [1.54, 1.807) is 0 Å².